The zero-order valence-electron chi connectivity index (χ0n) is 23.6. The fourth-order valence-corrected chi connectivity index (χ4v) is 3.93. The van der Waals surface area contributed by atoms with Crippen LogP contribution < -0.4 is 4.74 Å². The molecule has 0 aliphatic rings. The summed E-state index contributed by atoms with van der Waals surface area (Å²) < 4.78 is 55.0. The predicted molar refractivity (Wildman–Crippen MR) is 152 cm³/mol. The highest BCUT2D eigenvalue weighted by atomic mass is 19.4. The molecule has 3 rings (SSSR count). The van der Waals surface area contributed by atoms with Crippen LogP contribution in [0, 0.1) is 0 Å². The van der Waals surface area contributed by atoms with Crippen LogP contribution in [0.3, 0.4) is 0 Å². The van der Waals surface area contributed by atoms with Gasteiger partial charge in [0.25, 0.3) is 0 Å². The Labute approximate surface area is 242 Å². The van der Waals surface area contributed by atoms with Gasteiger partial charge in [-0.2, -0.15) is 13.2 Å². The summed E-state index contributed by atoms with van der Waals surface area (Å²) in [4.78, 5) is 23.7. The first kappa shape index (κ1) is 31.7. The molecule has 0 amide bonds. The number of rotatable bonds is 13. The van der Waals surface area contributed by atoms with Crippen molar-refractivity contribution in [3.63, 3.8) is 0 Å². The van der Waals surface area contributed by atoms with Gasteiger partial charge in [-0.1, -0.05) is 53.6 Å². The molecular weight excluding hydrogens is 553 g/mol. The molecular formula is C31H31F3N2O6. The first-order chi connectivity index (χ1) is 20.2. The van der Waals surface area contributed by atoms with Gasteiger partial charge in [-0.25, -0.2) is 4.79 Å². The monoisotopic (exact) mass is 584 g/mol. The highest BCUT2D eigenvalue weighted by Crippen LogP contribution is 2.33. The second kappa shape index (κ2) is 15.3. The lowest BCUT2D eigenvalue weighted by molar-refractivity contribution is -0.137. The minimum atomic E-state index is -4.44. The molecule has 3 aromatic carbocycles. The van der Waals surface area contributed by atoms with Gasteiger partial charge in [-0.15, -0.1) is 0 Å². The van der Waals surface area contributed by atoms with Crippen molar-refractivity contribution in [2.75, 3.05) is 21.3 Å². The predicted octanol–water partition coefficient (Wildman–Crippen LogP) is 6.95. The molecule has 0 N–H and O–H groups in total. The zero-order valence-corrected chi connectivity index (χ0v) is 23.6. The van der Waals surface area contributed by atoms with Crippen LogP contribution in [0.5, 0.6) is 5.75 Å². The van der Waals surface area contributed by atoms with Crippen molar-refractivity contribution in [3.05, 3.63) is 107 Å². The molecule has 0 aromatic heterocycles. The Morgan fingerprint density at radius 2 is 1.71 bits per heavy atom. The molecule has 0 aliphatic carbocycles. The van der Waals surface area contributed by atoms with E-state index in [0.29, 0.717) is 40.1 Å². The number of oxime groups is 2. The molecule has 0 saturated heterocycles. The smallest absolute Gasteiger partial charge is 0.416 e. The fourth-order valence-electron chi connectivity index (χ4n) is 3.93. The van der Waals surface area contributed by atoms with Crippen molar-refractivity contribution < 1.29 is 41.9 Å². The number of halogens is 3. The molecule has 0 radical (unpaired) electrons. The average molecular weight is 585 g/mol. The molecule has 11 heteroatoms. The van der Waals surface area contributed by atoms with Gasteiger partial charge < -0.3 is 23.9 Å². The van der Waals surface area contributed by atoms with Gasteiger partial charge in [-0.05, 0) is 53.9 Å². The van der Waals surface area contributed by atoms with E-state index in [4.69, 9.17) is 23.9 Å². The Hall–Kier alpha value is -4.80. The Morgan fingerprint density at radius 1 is 0.976 bits per heavy atom. The van der Waals surface area contributed by atoms with Crippen LogP contribution in [0.25, 0.3) is 5.57 Å². The minimum absolute atomic E-state index is 0.0603. The lowest BCUT2D eigenvalue weighted by Crippen LogP contribution is -2.19. The van der Waals surface area contributed by atoms with Crippen molar-refractivity contribution in [2.24, 2.45) is 10.3 Å². The third-order valence-electron chi connectivity index (χ3n) is 5.85. The van der Waals surface area contributed by atoms with E-state index in [2.05, 4.69) is 10.3 Å². The Bertz CT molecular complexity index is 1420. The summed E-state index contributed by atoms with van der Waals surface area (Å²) >= 11 is 0. The van der Waals surface area contributed by atoms with Gasteiger partial charge in [0.1, 0.15) is 30.8 Å². The number of carbonyl (C=O) groups is 1. The van der Waals surface area contributed by atoms with Crippen LogP contribution in [0.1, 0.15) is 47.3 Å². The SMILES string of the molecule is CCC=NOC(C(=NOC)c1ccc(OCc2cccc(C(F)(F)F)c2)cc1)c1ccccc1C(=COC)C(=O)OC. The Balaban J connectivity index is 1.97. The molecule has 8 nitrogen and oxygen atoms in total. The number of ether oxygens (including phenoxy) is 3. The van der Waals surface area contributed by atoms with Crippen LogP contribution >= 0.6 is 0 Å². The maximum atomic E-state index is 13.1. The highest BCUT2D eigenvalue weighted by Gasteiger charge is 2.31. The van der Waals surface area contributed by atoms with Crippen molar-refractivity contribution in [1.29, 1.82) is 0 Å². The molecule has 42 heavy (non-hydrogen) atoms. The van der Waals surface area contributed by atoms with Gasteiger partial charge in [0, 0.05) is 17.3 Å². The average Bonchev–Trinajstić information content (AvgIpc) is 3.00. The van der Waals surface area contributed by atoms with Gasteiger partial charge in [0.05, 0.1) is 26.0 Å². The summed E-state index contributed by atoms with van der Waals surface area (Å²) in [5.41, 5.74) is 1.67. The van der Waals surface area contributed by atoms with Crippen molar-refractivity contribution >= 4 is 23.5 Å². The van der Waals surface area contributed by atoms with E-state index in [-0.39, 0.29) is 12.2 Å². The van der Waals surface area contributed by atoms with Gasteiger partial charge in [0.2, 0.25) is 0 Å². The van der Waals surface area contributed by atoms with Gasteiger partial charge in [0.15, 0.2) is 6.10 Å². The summed E-state index contributed by atoms with van der Waals surface area (Å²) in [7, 11) is 4.07. The summed E-state index contributed by atoms with van der Waals surface area (Å²) in [6.07, 6.45) is -1.91. The molecule has 1 atom stereocenters. The van der Waals surface area contributed by atoms with Crippen LogP contribution in [0.4, 0.5) is 13.2 Å². The molecule has 1 unspecified atom stereocenters. The largest absolute Gasteiger partial charge is 0.503 e. The van der Waals surface area contributed by atoms with E-state index >= 15 is 0 Å². The topological polar surface area (TPSA) is 87.9 Å². The summed E-state index contributed by atoms with van der Waals surface area (Å²) in [5, 5.41) is 8.30. The number of methoxy groups -OCH3 is 2. The highest BCUT2D eigenvalue weighted by molar-refractivity contribution is 6.17. The first-order valence-electron chi connectivity index (χ1n) is 12.8. The molecule has 3 aromatic rings. The van der Waals surface area contributed by atoms with Crippen LogP contribution in [0.2, 0.25) is 0 Å². The number of benzene rings is 3. The standard InChI is InChI=1S/C31H31F3N2O6/c1-5-17-35-42-29(26-12-7-6-11-25(26)27(20-38-2)30(37)39-3)28(36-40-4)22-13-15-24(16-14-22)41-19-21-9-8-10-23(18-21)31(32,33)34/h6-18,20,29H,5,19H2,1-4H3. The first-order valence-corrected chi connectivity index (χ1v) is 12.8. The van der Waals surface area contributed by atoms with Crippen LogP contribution in [0.15, 0.2) is 89.4 Å². The number of carbonyl (C=O) groups excluding carboxylic acids is 1. The van der Waals surface area contributed by atoms with E-state index in [0.717, 1.165) is 12.1 Å². The van der Waals surface area contributed by atoms with E-state index in [1.54, 1.807) is 60.8 Å². The Morgan fingerprint density at radius 3 is 2.36 bits per heavy atom. The molecule has 0 heterocycles. The van der Waals surface area contributed by atoms with Crippen LogP contribution in [-0.2, 0) is 36.7 Å². The summed E-state index contributed by atoms with van der Waals surface area (Å²) in [6.45, 7) is 1.84. The number of esters is 1. The minimum Gasteiger partial charge on any atom is -0.503 e. The molecule has 222 valence electrons. The second-order valence-electron chi connectivity index (χ2n) is 8.70. The quantitative estimate of drug-likeness (QED) is 0.0711. The lowest BCUT2D eigenvalue weighted by Gasteiger charge is -2.21. The van der Waals surface area contributed by atoms with Crippen molar-refractivity contribution in [2.45, 2.75) is 32.2 Å². The molecule has 0 aliphatic heterocycles. The third kappa shape index (κ3) is 8.35. The molecule has 0 saturated carbocycles. The maximum Gasteiger partial charge on any atom is 0.416 e. The third-order valence-corrected chi connectivity index (χ3v) is 5.85. The van der Waals surface area contributed by atoms with Crippen molar-refractivity contribution in [3.8, 4) is 5.75 Å². The van der Waals surface area contributed by atoms with Gasteiger partial charge >= 0.3 is 12.1 Å². The molecule has 0 bridgehead atoms. The summed E-state index contributed by atoms with van der Waals surface area (Å²) in [5.74, 6) is -0.196. The lowest BCUT2D eigenvalue weighted by atomic mass is 9.92. The van der Waals surface area contributed by atoms with Gasteiger partial charge in [-0.3, -0.25) is 0 Å². The van der Waals surface area contributed by atoms with E-state index in [1.807, 2.05) is 6.92 Å². The van der Waals surface area contributed by atoms with E-state index in [9.17, 15) is 18.0 Å². The molecule has 0 spiro atoms. The Kier molecular flexibility index (Phi) is 11.5. The molecule has 0 fully saturated rings. The fraction of sp³-hybridized carbons (Fsp3) is 0.258. The normalized spacial score (nSPS) is 13.0. The number of nitrogens with zero attached hydrogens (tertiary/aromatic N) is 2. The number of alkyl halides is 3. The maximum absolute atomic E-state index is 13.1. The summed E-state index contributed by atoms with van der Waals surface area (Å²) in [6, 6.07) is 18.7. The second-order valence-corrected chi connectivity index (χ2v) is 8.70. The van der Waals surface area contributed by atoms with Crippen molar-refractivity contribution in [1.82, 2.24) is 0 Å². The zero-order chi connectivity index (χ0) is 30.5. The van der Waals surface area contributed by atoms with E-state index < -0.39 is 23.8 Å². The number of hydrogen-bond donors (Lipinski definition) is 0. The van der Waals surface area contributed by atoms with E-state index in [1.165, 1.54) is 33.7 Å². The van der Waals surface area contributed by atoms with Crippen LogP contribution in [-0.4, -0.2) is 39.2 Å². The number of hydrogen-bond acceptors (Lipinski definition) is 8.